The fourth-order valence-corrected chi connectivity index (χ4v) is 2.71. The van der Waals surface area contributed by atoms with E-state index >= 15 is 0 Å². The minimum absolute atomic E-state index is 0.0258. The summed E-state index contributed by atoms with van der Waals surface area (Å²) in [6, 6.07) is -0.558. The first-order valence-corrected chi connectivity index (χ1v) is 7.56. The number of fused-ring (bicyclic) bond motifs is 1. The summed E-state index contributed by atoms with van der Waals surface area (Å²) in [4.78, 5) is 12.3. The first-order chi connectivity index (χ1) is 9.84. The summed E-state index contributed by atoms with van der Waals surface area (Å²) in [5.41, 5.74) is 7.93. The maximum atomic E-state index is 12.3. The van der Waals surface area contributed by atoms with Crippen LogP contribution in [0.5, 0.6) is 0 Å². The van der Waals surface area contributed by atoms with Gasteiger partial charge in [-0.2, -0.15) is 5.10 Å². The molecule has 21 heavy (non-hydrogen) atoms. The molecule has 0 saturated heterocycles. The van der Waals surface area contributed by atoms with Gasteiger partial charge in [0, 0.05) is 11.3 Å². The molecule has 2 rings (SSSR count). The van der Waals surface area contributed by atoms with Gasteiger partial charge >= 0.3 is 0 Å². The lowest BCUT2D eigenvalue weighted by Gasteiger charge is -2.30. The van der Waals surface area contributed by atoms with Crippen LogP contribution in [0.3, 0.4) is 0 Å². The van der Waals surface area contributed by atoms with E-state index in [1.165, 1.54) is 0 Å². The van der Waals surface area contributed by atoms with Crippen LogP contribution in [0.2, 0.25) is 0 Å². The van der Waals surface area contributed by atoms with Crippen molar-refractivity contribution in [3.8, 4) is 0 Å². The second-order valence-corrected chi connectivity index (χ2v) is 6.79. The van der Waals surface area contributed by atoms with E-state index in [1.54, 1.807) is 6.20 Å². The highest BCUT2D eigenvalue weighted by molar-refractivity contribution is 5.82. The molecule has 2 atom stereocenters. The lowest BCUT2D eigenvalue weighted by Crippen LogP contribution is -2.49. The van der Waals surface area contributed by atoms with Gasteiger partial charge in [0.15, 0.2) is 0 Å². The highest BCUT2D eigenvalue weighted by Gasteiger charge is 2.31. The molecule has 0 aromatic carbocycles. The van der Waals surface area contributed by atoms with Crippen molar-refractivity contribution in [3.05, 3.63) is 17.5 Å². The SMILES string of the molecule is CC(C)(C)[C@H](N)C(=O)NC1CCCc2c1cnn2CCO. The predicted octanol–water partition coefficient (Wildman–Crippen LogP) is 0.742. The normalized spacial score (nSPS) is 20.0. The number of rotatable bonds is 4. The van der Waals surface area contributed by atoms with Crippen LogP contribution in [0.15, 0.2) is 6.20 Å². The molecule has 1 heterocycles. The van der Waals surface area contributed by atoms with Gasteiger partial charge in [0.05, 0.1) is 31.4 Å². The fraction of sp³-hybridized carbons (Fsp3) is 0.733. The molecule has 1 aliphatic rings. The van der Waals surface area contributed by atoms with Gasteiger partial charge in [-0.25, -0.2) is 0 Å². The molecule has 4 N–H and O–H groups in total. The lowest BCUT2D eigenvalue weighted by atomic mass is 9.86. The number of nitrogens with two attached hydrogens (primary N) is 1. The fourth-order valence-electron chi connectivity index (χ4n) is 2.71. The minimum Gasteiger partial charge on any atom is -0.394 e. The van der Waals surface area contributed by atoms with E-state index in [0.29, 0.717) is 6.54 Å². The first kappa shape index (κ1) is 16.0. The maximum absolute atomic E-state index is 12.3. The first-order valence-electron chi connectivity index (χ1n) is 7.56. The Morgan fingerprint density at radius 1 is 1.62 bits per heavy atom. The number of aromatic nitrogens is 2. The Bertz CT molecular complexity index is 504. The maximum Gasteiger partial charge on any atom is 0.237 e. The summed E-state index contributed by atoms with van der Waals surface area (Å²) in [6.45, 7) is 6.45. The van der Waals surface area contributed by atoms with E-state index in [2.05, 4.69) is 10.4 Å². The van der Waals surface area contributed by atoms with Gasteiger partial charge in [-0.05, 0) is 24.7 Å². The van der Waals surface area contributed by atoms with E-state index in [9.17, 15) is 4.79 Å². The molecule has 0 saturated carbocycles. The van der Waals surface area contributed by atoms with Gasteiger partial charge < -0.3 is 16.2 Å². The third-order valence-corrected chi connectivity index (χ3v) is 4.11. The largest absolute Gasteiger partial charge is 0.394 e. The zero-order chi connectivity index (χ0) is 15.6. The molecule has 0 radical (unpaired) electrons. The summed E-state index contributed by atoms with van der Waals surface area (Å²) in [5, 5.41) is 16.4. The molecule has 1 amide bonds. The number of carbonyl (C=O) groups excluding carboxylic acids is 1. The van der Waals surface area contributed by atoms with Gasteiger partial charge in [-0.1, -0.05) is 20.8 Å². The van der Waals surface area contributed by atoms with E-state index < -0.39 is 6.04 Å². The molecule has 0 bridgehead atoms. The molecule has 6 heteroatoms. The number of aliphatic hydroxyl groups is 1. The molecule has 0 spiro atoms. The van der Waals surface area contributed by atoms with E-state index in [4.69, 9.17) is 10.8 Å². The minimum atomic E-state index is -0.532. The Balaban J connectivity index is 2.12. The van der Waals surface area contributed by atoms with E-state index in [1.807, 2.05) is 25.5 Å². The average molecular weight is 294 g/mol. The van der Waals surface area contributed by atoms with Gasteiger partial charge in [0.1, 0.15) is 0 Å². The van der Waals surface area contributed by atoms with Crippen LogP contribution in [0, 0.1) is 5.41 Å². The number of hydrogen-bond donors (Lipinski definition) is 3. The number of hydrogen-bond acceptors (Lipinski definition) is 4. The van der Waals surface area contributed by atoms with Gasteiger partial charge in [-0.15, -0.1) is 0 Å². The standard InChI is InChI=1S/C15H26N4O2/c1-15(2,3)13(16)14(21)18-11-5-4-6-12-10(11)9-17-19(12)7-8-20/h9,11,13,20H,4-8,16H2,1-3H3,(H,18,21)/t11?,13-/m1/s1. The highest BCUT2D eigenvalue weighted by atomic mass is 16.3. The Labute approximate surface area is 125 Å². The molecule has 0 aliphatic heterocycles. The quantitative estimate of drug-likeness (QED) is 0.763. The number of aliphatic hydroxyl groups excluding tert-OH is 1. The molecular formula is C15H26N4O2. The number of carbonyl (C=O) groups is 1. The van der Waals surface area contributed by atoms with Crippen LogP contribution in [-0.2, 0) is 17.8 Å². The van der Waals surface area contributed by atoms with E-state index in [-0.39, 0.29) is 24.0 Å². The molecule has 1 unspecified atom stereocenters. The smallest absolute Gasteiger partial charge is 0.237 e. The van der Waals surface area contributed by atoms with Crippen molar-refractivity contribution in [2.45, 2.75) is 58.7 Å². The molecule has 0 fully saturated rings. The van der Waals surface area contributed by atoms with Crippen molar-refractivity contribution in [1.82, 2.24) is 15.1 Å². The van der Waals surface area contributed by atoms with Gasteiger partial charge in [-0.3, -0.25) is 9.48 Å². The Morgan fingerprint density at radius 2 is 2.33 bits per heavy atom. The Morgan fingerprint density at radius 3 is 2.95 bits per heavy atom. The molecule has 1 aromatic rings. The van der Waals surface area contributed by atoms with Crippen LogP contribution in [0.4, 0.5) is 0 Å². The van der Waals surface area contributed by atoms with Gasteiger partial charge in [0.25, 0.3) is 0 Å². The molecular weight excluding hydrogens is 268 g/mol. The topological polar surface area (TPSA) is 93.2 Å². The average Bonchev–Trinajstić information content (AvgIpc) is 2.82. The summed E-state index contributed by atoms with van der Waals surface area (Å²) in [5.74, 6) is -0.116. The zero-order valence-electron chi connectivity index (χ0n) is 13.1. The number of amides is 1. The second kappa shape index (κ2) is 6.15. The molecule has 1 aliphatic carbocycles. The number of nitrogens with zero attached hydrogens (tertiary/aromatic N) is 2. The zero-order valence-corrected chi connectivity index (χ0v) is 13.1. The van der Waals surface area contributed by atoms with Crippen molar-refractivity contribution >= 4 is 5.91 Å². The summed E-state index contributed by atoms with van der Waals surface area (Å²) in [7, 11) is 0. The monoisotopic (exact) mass is 294 g/mol. The molecule has 6 nitrogen and oxygen atoms in total. The summed E-state index contributed by atoms with van der Waals surface area (Å²) >= 11 is 0. The van der Waals surface area contributed by atoms with Gasteiger partial charge in [0.2, 0.25) is 5.91 Å². The third-order valence-electron chi connectivity index (χ3n) is 4.11. The number of nitrogens with one attached hydrogen (secondary N) is 1. The van der Waals surface area contributed by atoms with Crippen LogP contribution in [0.25, 0.3) is 0 Å². The van der Waals surface area contributed by atoms with Crippen molar-refractivity contribution in [1.29, 1.82) is 0 Å². The van der Waals surface area contributed by atoms with Crippen LogP contribution < -0.4 is 11.1 Å². The lowest BCUT2D eigenvalue weighted by molar-refractivity contribution is -0.125. The summed E-state index contributed by atoms with van der Waals surface area (Å²) in [6.07, 6.45) is 4.64. The highest BCUT2D eigenvalue weighted by Crippen LogP contribution is 2.30. The summed E-state index contributed by atoms with van der Waals surface area (Å²) < 4.78 is 1.83. The van der Waals surface area contributed by atoms with Crippen LogP contribution in [0.1, 0.15) is 50.9 Å². The van der Waals surface area contributed by atoms with Crippen molar-refractivity contribution in [3.63, 3.8) is 0 Å². The second-order valence-electron chi connectivity index (χ2n) is 6.79. The van der Waals surface area contributed by atoms with Crippen molar-refractivity contribution in [2.24, 2.45) is 11.1 Å². The van der Waals surface area contributed by atoms with E-state index in [0.717, 1.165) is 30.5 Å². The van der Waals surface area contributed by atoms with Crippen molar-refractivity contribution in [2.75, 3.05) is 6.61 Å². The van der Waals surface area contributed by atoms with Crippen molar-refractivity contribution < 1.29 is 9.90 Å². The van der Waals surface area contributed by atoms with Crippen LogP contribution >= 0.6 is 0 Å². The predicted molar refractivity (Wildman–Crippen MR) is 80.6 cm³/mol. The Hall–Kier alpha value is -1.40. The van der Waals surface area contributed by atoms with Crippen LogP contribution in [-0.4, -0.2) is 33.4 Å². The Kier molecular flexibility index (Phi) is 4.68. The molecule has 118 valence electrons. The molecule has 1 aromatic heterocycles. The third kappa shape index (κ3) is 3.44.